The van der Waals surface area contributed by atoms with E-state index in [9.17, 15) is 18.0 Å². The summed E-state index contributed by atoms with van der Waals surface area (Å²) in [6.07, 6.45) is 5.98. The van der Waals surface area contributed by atoms with Crippen molar-refractivity contribution in [2.75, 3.05) is 18.8 Å². The summed E-state index contributed by atoms with van der Waals surface area (Å²) in [5.41, 5.74) is 1.31. The van der Waals surface area contributed by atoms with Gasteiger partial charge in [-0.15, -0.1) is 0 Å². The van der Waals surface area contributed by atoms with Gasteiger partial charge >= 0.3 is 0 Å². The molecule has 2 aliphatic heterocycles. The molecule has 2 aliphatic rings. The van der Waals surface area contributed by atoms with Crippen LogP contribution in [0.3, 0.4) is 0 Å². The van der Waals surface area contributed by atoms with Crippen LogP contribution in [0.25, 0.3) is 0 Å². The molecule has 2 aromatic rings. The quantitative estimate of drug-likeness (QED) is 0.779. The summed E-state index contributed by atoms with van der Waals surface area (Å²) in [5.74, 6) is 0.309. The minimum atomic E-state index is -3.36. The molecule has 0 aliphatic carbocycles. The molecule has 9 nitrogen and oxygen atoms in total. The fourth-order valence-electron chi connectivity index (χ4n) is 4.13. The van der Waals surface area contributed by atoms with Gasteiger partial charge in [-0.2, -0.15) is 4.31 Å². The molecule has 1 atom stereocenters. The van der Waals surface area contributed by atoms with Crippen molar-refractivity contribution in [3.05, 3.63) is 57.5 Å². The maximum atomic E-state index is 13.1. The number of hydrogen-bond acceptors (Lipinski definition) is 6. The third-order valence-electron chi connectivity index (χ3n) is 5.82. The van der Waals surface area contributed by atoms with Gasteiger partial charge in [0, 0.05) is 36.6 Å². The molecule has 0 radical (unpaired) electrons. The first-order valence-corrected chi connectivity index (χ1v) is 11.8. The first-order chi connectivity index (χ1) is 14.4. The molecule has 1 fully saturated rings. The number of amides is 1. The van der Waals surface area contributed by atoms with Gasteiger partial charge in [0.2, 0.25) is 10.0 Å². The van der Waals surface area contributed by atoms with Crippen molar-refractivity contribution in [1.82, 2.24) is 24.2 Å². The topological polar surface area (TPSA) is 116 Å². The van der Waals surface area contributed by atoms with Crippen LogP contribution >= 0.6 is 0 Å². The molecule has 0 spiro atoms. The molecule has 160 valence electrons. The summed E-state index contributed by atoms with van der Waals surface area (Å²) in [7, 11) is -3.36. The van der Waals surface area contributed by atoms with Crippen molar-refractivity contribution in [3.8, 4) is 0 Å². The first-order valence-electron chi connectivity index (χ1n) is 10.2. The van der Waals surface area contributed by atoms with E-state index in [0.29, 0.717) is 42.0 Å². The Morgan fingerprint density at radius 2 is 2.00 bits per heavy atom. The number of likely N-dealkylation sites (tertiary alicyclic amines) is 1. The summed E-state index contributed by atoms with van der Waals surface area (Å²) in [6, 6.07) is 2.99. The van der Waals surface area contributed by atoms with Crippen LogP contribution in [-0.4, -0.2) is 57.3 Å². The fourth-order valence-corrected chi connectivity index (χ4v) is 5.19. The summed E-state index contributed by atoms with van der Waals surface area (Å²) >= 11 is 0. The highest BCUT2D eigenvalue weighted by Crippen LogP contribution is 2.30. The predicted molar refractivity (Wildman–Crippen MR) is 110 cm³/mol. The molecule has 0 aromatic carbocycles. The molecular weight excluding hydrogens is 406 g/mol. The number of sulfonamides is 1. The average molecular weight is 432 g/mol. The zero-order valence-corrected chi connectivity index (χ0v) is 17.7. The maximum Gasteiger partial charge on any atom is 0.254 e. The number of fused-ring (bicyclic) bond motifs is 1. The molecular formula is C20H25N5O4S. The van der Waals surface area contributed by atoms with E-state index in [0.717, 1.165) is 12.8 Å². The van der Waals surface area contributed by atoms with Crippen LogP contribution in [0.15, 0.2) is 29.3 Å². The number of carbonyl (C=O) groups excluding carboxylic acids is 1. The first kappa shape index (κ1) is 20.7. The molecule has 2 aromatic heterocycles. The number of hydrogen-bond donors (Lipinski definition) is 1. The molecule has 4 rings (SSSR count). The lowest BCUT2D eigenvalue weighted by atomic mass is 9.99. The zero-order valence-electron chi connectivity index (χ0n) is 16.9. The van der Waals surface area contributed by atoms with Gasteiger partial charge in [-0.05, 0) is 44.7 Å². The van der Waals surface area contributed by atoms with Crippen LogP contribution in [0.2, 0.25) is 0 Å². The Morgan fingerprint density at radius 3 is 2.73 bits per heavy atom. The normalized spacial score (nSPS) is 20.0. The van der Waals surface area contributed by atoms with E-state index in [1.807, 2.05) is 0 Å². The van der Waals surface area contributed by atoms with Gasteiger partial charge in [-0.3, -0.25) is 14.6 Å². The Hall–Kier alpha value is -2.59. The van der Waals surface area contributed by atoms with Gasteiger partial charge in [0.05, 0.1) is 24.0 Å². The SMILES string of the molecule is CCS(=O)(=O)N1CCc2c(nc([C@H]3CCCCN3C(=O)c3ccncc3)[nH]c2=O)C1. The van der Waals surface area contributed by atoms with Crippen LogP contribution < -0.4 is 5.56 Å². The lowest BCUT2D eigenvalue weighted by Crippen LogP contribution is -2.42. The molecule has 4 heterocycles. The number of pyridine rings is 1. The van der Waals surface area contributed by atoms with E-state index in [4.69, 9.17) is 0 Å². The van der Waals surface area contributed by atoms with Gasteiger partial charge in [0.25, 0.3) is 11.5 Å². The van der Waals surface area contributed by atoms with E-state index in [2.05, 4.69) is 15.0 Å². The molecule has 10 heteroatoms. The zero-order chi connectivity index (χ0) is 21.3. The van der Waals surface area contributed by atoms with Crippen molar-refractivity contribution in [2.24, 2.45) is 0 Å². The third-order valence-corrected chi connectivity index (χ3v) is 7.65. The second kappa shape index (κ2) is 8.27. The number of rotatable bonds is 4. The van der Waals surface area contributed by atoms with E-state index >= 15 is 0 Å². The number of aromatic nitrogens is 3. The van der Waals surface area contributed by atoms with E-state index in [1.54, 1.807) is 36.4 Å². The molecule has 1 amide bonds. The van der Waals surface area contributed by atoms with Gasteiger partial charge in [-0.1, -0.05) is 0 Å². The predicted octanol–water partition coefficient (Wildman–Crippen LogP) is 1.24. The van der Waals surface area contributed by atoms with Crippen molar-refractivity contribution in [3.63, 3.8) is 0 Å². The Kier molecular flexibility index (Phi) is 5.70. The summed E-state index contributed by atoms with van der Waals surface area (Å²) in [5, 5.41) is 0. The van der Waals surface area contributed by atoms with E-state index < -0.39 is 10.0 Å². The number of aromatic amines is 1. The summed E-state index contributed by atoms with van der Waals surface area (Å²) < 4.78 is 26.0. The molecule has 0 bridgehead atoms. The van der Waals surface area contributed by atoms with Crippen molar-refractivity contribution in [2.45, 2.75) is 45.2 Å². The Bertz CT molecular complexity index is 1100. The molecule has 30 heavy (non-hydrogen) atoms. The number of nitrogens with one attached hydrogen (secondary N) is 1. The number of nitrogens with zero attached hydrogens (tertiary/aromatic N) is 4. The van der Waals surface area contributed by atoms with Gasteiger partial charge in [0.1, 0.15) is 5.82 Å². The largest absolute Gasteiger partial charge is 0.328 e. The molecule has 0 saturated carbocycles. The summed E-state index contributed by atoms with van der Waals surface area (Å²) in [4.78, 5) is 39.0. The monoisotopic (exact) mass is 431 g/mol. The Morgan fingerprint density at radius 1 is 1.23 bits per heavy atom. The van der Waals surface area contributed by atoms with Crippen LogP contribution in [0, 0.1) is 0 Å². The van der Waals surface area contributed by atoms with Crippen molar-refractivity contribution >= 4 is 15.9 Å². The lowest BCUT2D eigenvalue weighted by molar-refractivity contribution is 0.0598. The maximum absolute atomic E-state index is 13.1. The average Bonchev–Trinajstić information content (AvgIpc) is 2.78. The van der Waals surface area contributed by atoms with Crippen LogP contribution in [0.4, 0.5) is 0 Å². The number of carbonyl (C=O) groups is 1. The van der Waals surface area contributed by atoms with E-state index in [-0.39, 0.29) is 36.4 Å². The van der Waals surface area contributed by atoms with Crippen LogP contribution in [-0.2, 0) is 23.0 Å². The molecule has 1 saturated heterocycles. The number of piperidine rings is 1. The van der Waals surface area contributed by atoms with Crippen LogP contribution in [0.1, 0.15) is 59.7 Å². The Balaban J connectivity index is 1.68. The lowest BCUT2D eigenvalue weighted by Gasteiger charge is -2.35. The highest BCUT2D eigenvalue weighted by atomic mass is 32.2. The molecule has 1 N–H and O–H groups in total. The Labute approximate surface area is 175 Å². The molecule has 0 unspecified atom stereocenters. The highest BCUT2D eigenvalue weighted by molar-refractivity contribution is 7.89. The minimum Gasteiger partial charge on any atom is -0.328 e. The van der Waals surface area contributed by atoms with Gasteiger partial charge in [0.15, 0.2) is 0 Å². The highest BCUT2D eigenvalue weighted by Gasteiger charge is 2.33. The van der Waals surface area contributed by atoms with Gasteiger partial charge < -0.3 is 9.88 Å². The third kappa shape index (κ3) is 3.89. The van der Waals surface area contributed by atoms with Crippen molar-refractivity contribution < 1.29 is 13.2 Å². The second-order valence-electron chi connectivity index (χ2n) is 7.61. The fraction of sp³-hybridized carbons (Fsp3) is 0.500. The minimum absolute atomic E-state index is 0.00915. The smallest absolute Gasteiger partial charge is 0.254 e. The van der Waals surface area contributed by atoms with Crippen LogP contribution in [0.5, 0.6) is 0 Å². The number of H-pyrrole nitrogens is 1. The summed E-state index contributed by atoms with van der Waals surface area (Å²) in [6.45, 7) is 2.55. The standard InChI is InChI=1S/C20H25N5O4S/c1-2-30(28,29)24-12-8-15-16(13-24)22-18(23-19(15)26)17-5-3-4-11-25(17)20(27)14-6-9-21-10-7-14/h6-7,9-10,17H,2-5,8,11-13H2,1H3,(H,22,23,26)/t17-/m1/s1. The van der Waals surface area contributed by atoms with Crippen molar-refractivity contribution in [1.29, 1.82) is 0 Å². The van der Waals surface area contributed by atoms with Gasteiger partial charge in [-0.25, -0.2) is 13.4 Å². The van der Waals surface area contributed by atoms with E-state index in [1.165, 1.54) is 4.31 Å². The second-order valence-corrected chi connectivity index (χ2v) is 9.86.